The summed E-state index contributed by atoms with van der Waals surface area (Å²) in [4.78, 5) is 39.5. The van der Waals surface area contributed by atoms with Gasteiger partial charge in [-0.05, 0) is 60.6 Å². The number of benzene rings is 2. The molecule has 2 aromatic carbocycles. The summed E-state index contributed by atoms with van der Waals surface area (Å²) in [5.74, 6) is 0.948. The normalized spacial score (nSPS) is 22.3. The lowest BCUT2D eigenvalue weighted by atomic mass is 9.88. The van der Waals surface area contributed by atoms with Crippen LogP contribution >= 0.6 is 0 Å². The molecule has 3 fully saturated rings. The molecule has 0 bridgehead atoms. The smallest absolute Gasteiger partial charge is 0.410 e. The number of anilines is 1. The van der Waals surface area contributed by atoms with Crippen molar-refractivity contribution in [3.63, 3.8) is 0 Å². The van der Waals surface area contributed by atoms with Crippen molar-refractivity contribution >= 4 is 23.7 Å². The van der Waals surface area contributed by atoms with E-state index in [1.807, 2.05) is 35.6 Å². The summed E-state index contributed by atoms with van der Waals surface area (Å²) in [5.41, 5.74) is 2.15. The zero-order chi connectivity index (χ0) is 29.4. The molecule has 3 atom stereocenters. The number of hydrogen-bond donors (Lipinski definition) is 3. The zero-order valence-corrected chi connectivity index (χ0v) is 22.9. The molecule has 0 spiro atoms. The molecule has 0 radical (unpaired) electrons. The van der Waals surface area contributed by atoms with Gasteiger partial charge in [-0.2, -0.15) is 13.2 Å². The van der Waals surface area contributed by atoms with Crippen LogP contribution in [-0.2, 0) is 22.6 Å². The van der Waals surface area contributed by atoms with E-state index in [-0.39, 0.29) is 25.0 Å². The van der Waals surface area contributed by atoms with Gasteiger partial charge in [0.15, 0.2) is 0 Å². The van der Waals surface area contributed by atoms with E-state index in [9.17, 15) is 27.6 Å². The molecule has 0 aromatic heterocycles. The maximum Gasteiger partial charge on any atom is 0.410 e. The number of rotatable bonds is 10. The van der Waals surface area contributed by atoms with Gasteiger partial charge in [-0.25, -0.2) is 9.59 Å². The molecule has 6 rings (SSSR count). The molecule has 2 heterocycles. The van der Waals surface area contributed by atoms with Crippen LogP contribution in [0.4, 0.5) is 28.4 Å². The quantitative estimate of drug-likeness (QED) is 0.377. The van der Waals surface area contributed by atoms with Gasteiger partial charge in [0.05, 0.1) is 13.1 Å². The van der Waals surface area contributed by atoms with Crippen molar-refractivity contribution in [1.29, 1.82) is 0 Å². The number of fused-ring (bicyclic) bond motifs is 1. The summed E-state index contributed by atoms with van der Waals surface area (Å²) in [5, 5.41) is 7.73. The molecule has 224 valence electrons. The van der Waals surface area contributed by atoms with Crippen molar-refractivity contribution in [2.75, 3.05) is 18.4 Å². The maximum atomic E-state index is 13.6. The number of halogens is 3. The minimum atomic E-state index is -4.51. The van der Waals surface area contributed by atoms with Gasteiger partial charge in [0, 0.05) is 18.2 Å². The standard InChI is InChI=1S/C30H33F3N4O5/c31-30(32,33)24-15-37(28(39)35-24)14-22-12-20-10-11-21(13-23(20)42-22)34-27(38)26(25(18-6-7-18)19-8-9-19)36-29(40)41-16-17-4-2-1-3-5-17/h1-5,10-11,13,18-19,22,24-26H,6-9,12,14-16H2,(H,34,38)(H,35,39)(H,36,40)/t22?,24-,26-/m0/s1. The molecular formula is C30H33F3N4O5. The topological polar surface area (TPSA) is 109 Å². The van der Waals surface area contributed by atoms with Crippen LogP contribution in [0.3, 0.4) is 0 Å². The molecule has 12 heteroatoms. The monoisotopic (exact) mass is 586 g/mol. The molecule has 4 amide bonds. The number of nitrogens with zero attached hydrogens (tertiary/aromatic N) is 1. The van der Waals surface area contributed by atoms with Gasteiger partial charge in [0.1, 0.15) is 30.5 Å². The molecule has 4 aliphatic rings. The summed E-state index contributed by atoms with van der Waals surface area (Å²) in [6, 6.07) is 11.1. The Morgan fingerprint density at radius 1 is 1.07 bits per heavy atom. The Bertz CT molecular complexity index is 1320. The van der Waals surface area contributed by atoms with Gasteiger partial charge in [0.25, 0.3) is 0 Å². The lowest BCUT2D eigenvalue weighted by Gasteiger charge is -2.27. The van der Waals surface area contributed by atoms with E-state index in [1.54, 1.807) is 18.2 Å². The van der Waals surface area contributed by atoms with Gasteiger partial charge in [-0.3, -0.25) is 4.79 Å². The first-order valence-electron chi connectivity index (χ1n) is 14.3. The van der Waals surface area contributed by atoms with Crippen LogP contribution in [-0.4, -0.2) is 60.4 Å². The van der Waals surface area contributed by atoms with Gasteiger partial charge in [-0.1, -0.05) is 36.4 Å². The fourth-order valence-corrected chi connectivity index (χ4v) is 6.00. The number of ether oxygens (including phenoxy) is 2. The van der Waals surface area contributed by atoms with E-state index < -0.39 is 43.0 Å². The van der Waals surface area contributed by atoms with Gasteiger partial charge in [0.2, 0.25) is 5.91 Å². The van der Waals surface area contributed by atoms with Gasteiger partial charge < -0.3 is 30.3 Å². The Hall–Kier alpha value is -3.96. The molecular weight excluding hydrogens is 553 g/mol. The Labute approximate surface area is 241 Å². The van der Waals surface area contributed by atoms with Crippen molar-refractivity contribution in [3.05, 3.63) is 59.7 Å². The molecule has 9 nitrogen and oxygen atoms in total. The van der Waals surface area contributed by atoms with Crippen molar-refractivity contribution in [2.45, 2.75) is 63.1 Å². The van der Waals surface area contributed by atoms with Crippen LogP contribution in [0, 0.1) is 17.8 Å². The highest BCUT2D eigenvalue weighted by atomic mass is 19.4. The van der Waals surface area contributed by atoms with Gasteiger partial charge in [-0.15, -0.1) is 0 Å². The summed E-state index contributed by atoms with van der Waals surface area (Å²) in [6.45, 7) is -0.362. The number of urea groups is 1. The number of alkyl halides is 3. The first-order chi connectivity index (χ1) is 20.1. The van der Waals surface area contributed by atoms with Crippen molar-refractivity contribution in [2.24, 2.45) is 17.8 Å². The summed E-state index contributed by atoms with van der Waals surface area (Å²) >= 11 is 0. The lowest BCUT2D eigenvalue weighted by Crippen LogP contribution is -2.50. The summed E-state index contributed by atoms with van der Waals surface area (Å²) in [6.07, 6.45) is -1.14. The fraction of sp³-hybridized carbons (Fsp3) is 0.500. The zero-order valence-electron chi connectivity index (χ0n) is 22.9. The molecule has 2 aliphatic heterocycles. The van der Waals surface area contributed by atoms with E-state index in [4.69, 9.17) is 9.47 Å². The Morgan fingerprint density at radius 3 is 2.43 bits per heavy atom. The third kappa shape index (κ3) is 6.57. The molecule has 1 unspecified atom stereocenters. The molecule has 42 heavy (non-hydrogen) atoms. The van der Waals surface area contributed by atoms with E-state index in [0.29, 0.717) is 29.7 Å². The van der Waals surface area contributed by atoms with E-state index in [0.717, 1.165) is 41.7 Å². The Kier molecular flexibility index (Phi) is 7.63. The number of amides is 4. The number of alkyl carbamates (subject to hydrolysis) is 1. The number of carbonyl (C=O) groups is 3. The third-order valence-corrected chi connectivity index (χ3v) is 8.37. The van der Waals surface area contributed by atoms with Crippen LogP contribution < -0.4 is 20.7 Å². The predicted molar refractivity (Wildman–Crippen MR) is 146 cm³/mol. The second-order valence-electron chi connectivity index (χ2n) is 11.6. The predicted octanol–water partition coefficient (Wildman–Crippen LogP) is 4.62. The first kappa shape index (κ1) is 28.2. The van der Waals surface area contributed by atoms with E-state index >= 15 is 0 Å². The summed E-state index contributed by atoms with van der Waals surface area (Å²) < 4.78 is 50.5. The molecule has 2 saturated carbocycles. The average molecular weight is 587 g/mol. The highest BCUT2D eigenvalue weighted by Gasteiger charge is 2.49. The Morgan fingerprint density at radius 2 is 1.79 bits per heavy atom. The number of nitrogens with one attached hydrogen (secondary N) is 3. The Balaban J connectivity index is 1.08. The van der Waals surface area contributed by atoms with Crippen molar-refractivity contribution in [1.82, 2.24) is 15.5 Å². The number of carbonyl (C=O) groups excluding carboxylic acids is 3. The van der Waals surface area contributed by atoms with Gasteiger partial charge >= 0.3 is 18.3 Å². The van der Waals surface area contributed by atoms with E-state index in [2.05, 4.69) is 10.6 Å². The second-order valence-corrected chi connectivity index (χ2v) is 11.6. The highest BCUT2D eigenvalue weighted by molar-refractivity contribution is 5.97. The van der Waals surface area contributed by atoms with Crippen molar-refractivity contribution in [3.8, 4) is 5.75 Å². The fourth-order valence-electron chi connectivity index (χ4n) is 6.00. The minimum absolute atomic E-state index is 0.0102. The van der Waals surface area contributed by atoms with Crippen LogP contribution in [0.2, 0.25) is 0 Å². The SMILES string of the molecule is O=C(N[C@H](C(=O)Nc1ccc2c(c1)OC(CN1C[C@@H](C(F)(F)F)NC1=O)C2)C(C1CC1)C1CC1)OCc1ccccc1. The summed E-state index contributed by atoms with van der Waals surface area (Å²) in [7, 11) is 0. The van der Waals surface area contributed by atoms with Crippen molar-refractivity contribution < 1.29 is 37.0 Å². The third-order valence-electron chi connectivity index (χ3n) is 8.37. The second kappa shape index (κ2) is 11.4. The average Bonchev–Trinajstić information content (AvgIpc) is 3.89. The first-order valence-corrected chi connectivity index (χ1v) is 14.3. The van der Waals surface area contributed by atoms with Crippen LogP contribution in [0.1, 0.15) is 36.8 Å². The largest absolute Gasteiger partial charge is 0.488 e. The molecule has 1 saturated heterocycles. The number of hydrogen-bond acceptors (Lipinski definition) is 5. The highest BCUT2D eigenvalue weighted by Crippen LogP contribution is 2.51. The van der Waals surface area contributed by atoms with E-state index in [1.165, 1.54) is 0 Å². The van der Waals surface area contributed by atoms with Crippen LogP contribution in [0.25, 0.3) is 0 Å². The molecule has 3 N–H and O–H groups in total. The minimum Gasteiger partial charge on any atom is -0.488 e. The lowest BCUT2D eigenvalue weighted by molar-refractivity contribution is -0.150. The van der Waals surface area contributed by atoms with Crippen LogP contribution in [0.5, 0.6) is 5.75 Å². The van der Waals surface area contributed by atoms with Crippen LogP contribution in [0.15, 0.2) is 48.5 Å². The molecule has 2 aliphatic carbocycles. The maximum absolute atomic E-state index is 13.6. The molecule has 2 aromatic rings.